The van der Waals surface area contributed by atoms with Crippen molar-refractivity contribution in [1.29, 1.82) is 0 Å². The van der Waals surface area contributed by atoms with E-state index in [0.717, 1.165) is 5.01 Å². The molecule has 166 valence electrons. The normalized spacial score (nSPS) is 13.2. The Labute approximate surface area is 203 Å². The summed E-state index contributed by atoms with van der Waals surface area (Å²) in [6.07, 6.45) is -0.813. The lowest BCUT2D eigenvalue weighted by molar-refractivity contribution is 0.0531. The van der Waals surface area contributed by atoms with Gasteiger partial charge in [0.25, 0.3) is 0 Å². The van der Waals surface area contributed by atoms with Gasteiger partial charge in [0.05, 0.1) is 24.9 Å². The number of carbonyl (C=O) groups excluding carboxylic acids is 1. The first kappa shape index (κ1) is 26.6. The monoisotopic (exact) mass is 566 g/mol. The lowest BCUT2D eigenvalue weighted by Gasteiger charge is -2.17. The Kier molecular flexibility index (Phi) is 11.6. The van der Waals surface area contributed by atoms with E-state index in [0.29, 0.717) is 40.3 Å². The molecular weight excluding hydrogens is 539 g/mol. The summed E-state index contributed by atoms with van der Waals surface area (Å²) < 4.78 is 5.07. The molecule has 0 bridgehead atoms. The Morgan fingerprint density at radius 3 is 2.70 bits per heavy atom. The summed E-state index contributed by atoms with van der Waals surface area (Å²) in [5.41, 5.74) is 1.28. The molecule has 1 aromatic heterocycles. The van der Waals surface area contributed by atoms with E-state index in [1.165, 1.54) is 11.3 Å². The summed E-state index contributed by atoms with van der Waals surface area (Å²) in [5, 5.41) is 18.1. The van der Waals surface area contributed by atoms with Gasteiger partial charge in [-0.3, -0.25) is 4.99 Å². The number of esters is 1. The fraction of sp³-hybridized carbons (Fsp3) is 0.450. The molecule has 3 N–H and O–H groups in total. The van der Waals surface area contributed by atoms with Gasteiger partial charge in [0.1, 0.15) is 16.0 Å². The van der Waals surface area contributed by atoms with E-state index in [1.807, 2.05) is 26.0 Å². The first-order chi connectivity index (χ1) is 13.9. The second-order valence-corrected chi connectivity index (χ2v) is 7.75. The molecule has 2 rings (SSSR count). The van der Waals surface area contributed by atoms with Crippen LogP contribution >= 0.6 is 46.9 Å². The molecule has 1 aromatic carbocycles. The maximum Gasteiger partial charge on any atom is 0.350 e. The quantitative estimate of drug-likeness (QED) is 0.191. The van der Waals surface area contributed by atoms with Gasteiger partial charge in [0, 0.05) is 17.1 Å². The van der Waals surface area contributed by atoms with Crippen molar-refractivity contribution in [3.63, 3.8) is 0 Å². The van der Waals surface area contributed by atoms with Gasteiger partial charge in [0.2, 0.25) is 0 Å². The van der Waals surface area contributed by atoms with Crippen LogP contribution in [0.4, 0.5) is 0 Å². The fourth-order valence-electron chi connectivity index (χ4n) is 2.60. The smallest absolute Gasteiger partial charge is 0.350 e. The molecule has 1 heterocycles. The molecule has 0 aliphatic heterocycles. The van der Waals surface area contributed by atoms with Gasteiger partial charge in [0.15, 0.2) is 5.96 Å². The number of halogens is 2. The third kappa shape index (κ3) is 7.36. The molecule has 2 aromatic rings. The molecule has 30 heavy (non-hydrogen) atoms. The van der Waals surface area contributed by atoms with E-state index < -0.39 is 6.10 Å². The zero-order chi connectivity index (χ0) is 21.4. The van der Waals surface area contributed by atoms with E-state index in [4.69, 9.17) is 16.3 Å². The second kappa shape index (κ2) is 13.1. The summed E-state index contributed by atoms with van der Waals surface area (Å²) in [6, 6.07) is 6.97. The van der Waals surface area contributed by atoms with E-state index in [2.05, 4.69) is 20.6 Å². The Morgan fingerprint density at radius 2 is 2.07 bits per heavy atom. The zero-order valence-electron chi connectivity index (χ0n) is 17.4. The molecule has 0 saturated carbocycles. The minimum absolute atomic E-state index is 0. The van der Waals surface area contributed by atoms with Gasteiger partial charge >= 0.3 is 5.97 Å². The number of rotatable bonds is 8. The van der Waals surface area contributed by atoms with Crippen LogP contribution in [0.15, 0.2) is 29.3 Å². The highest BCUT2D eigenvalue weighted by atomic mass is 127. The van der Waals surface area contributed by atoms with Crippen molar-refractivity contribution < 1.29 is 14.6 Å². The molecule has 0 saturated heterocycles. The molecule has 7 nitrogen and oxygen atoms in total. The molecule has 0 aliphatic carbocycles. The molecule has 2 unspecified atom stereocenters. The van der Waals surface area contributed by atoms with Gasteiger partial charge < -0.3 is 20.5 Å². The van der Waals surface area contributed by atoms with Crippen molar-refractivity contribution in [3.8, 4) is 0 Å². The summed E-state index contributed by atoms with van der Waals surface area (Å²) in [7, 11) is 0. The third-order valence-corrected chi connectivity index (χ3v) is 5.69. The maximum absolute atomic E-state index is 12.0. The van der Waals surface area contributed by atoms with Crippen molar-refractivity contribution in [2.75, 3.05) is 19.7 Å². The number of aliphatic imine (C=N–C) groups is 1. The van der Waals surface area contributed by atoms with Crippen LogP contribution in [0.25, 0.3) is 0 Å². The Hall–Kier alpha value is -1.43. The van der Waals surface area contributed by atoms with Crippen LogP contribution in [-0.4, -0.2) is 41.7 Å². The highest BCUT2D eigenvalue weighted by Crippen LogP contribution is 2.25. The average Bonchev–Trinajstić information content (AvgIpc) is 3.08. The lowest BCUT2D eigenvalue weighted by atomic mass is 10.1. The molecule has 0 radical (unpaired) electrons. The minimum atomic E-state index is -0.813. The number of nitrogens with one attached hydrogen (secondary N) is 2. The molecule has 0 spiro atoms. The molecular formula is C20H28ClIN4O3S. The number of aryl methyl sites for hydroxylation is 1. The van der Waals surface area contributed by atoms with Crippen LogP contribution in [0.2, 0.25) is 5.02 Å². The predicted molar refractivity (Wildman–Crippen MR) is 132 cm³/mol. The van der Waals surface area contributed by atoms with Gasteiger partial charge in [-0.05, 0) is 33.8 Å². The maximum atomic E-state index is 12.0. The highest BCUT2D eigenvalue weighted by molar-refractivity contribution is 14.0. The van der Waals surface area contributed by atoms with Crippen molar-refractivity contribution in [3.05, 3.63) is 50.4 Å². The van der Waals surface area contributed by atoms with Gasteiger partial charge in [-0.2, -0.15) is 0 Å². The van der Waals surface area contributed by atoms with Crippen LogP contribution in [-0.2, 0) is 4.74 Å². The van der Waals surface area contributed by atoms with Crippen LogP contribution in [0, 0.1) is 6.92 Å². The number of nitrogens with zero attached hydrogens (tertiary/aromatic N) is 2. The van der Waals surface area contributed by atoms with E-state index in [9.17, 15) is 9.90 Å². The number of hydrogen-bond acceptors (Lipinski definition) is 6. The summed E-state index contributed by atoms with van der Waals surface area (Å²) >= 11 is 7.44. The molecule has 0 amide bonds. The number of hydrogen-bond donors (Lipinski definition) is 3. The predicted octanol–water partition coefficient (Wildman–Crippen LogP) is 4.25. The van der Waals surface area contributed by atoms with E-state index >= 15 is 0 Å². The Bertz CT molecular complexity index is 862. The first-order valence-corrected chi connectivity index (χ1v) is 10.7. The fourth-order valence-corrected chi connectivity index (χ4v) is 3.82. The van der Waals surface area contributed by atoms with Crippen molar-refractivity contribution >= 4 is 58.8 Å². The van der Waals surface area contributed by atoms with Gasteiger partial charge in [-0.1, -0.05) is 29.8 Å². The Morgan fingerprint density at radius 1 is 1.37 bits per heavy atom. The summed E-state index contributed by atoms with van der Waals surface area (Å²) in [4.78, 5) is 21.5. The number of aliphatic hydroxyl groups excluding tert-OH is 1. The third-order valence-electron chi connectivity index (χ3n) is 4.03. The lowest BCUT2D eigenvalue weighted by Crippen LogP contribution is -2.39. The number of aromatic nitrogens is 1. The van der Waals surface area contributed by atoms with Crippen molar-refractivity contribution in [2.24, 2.45) is 4.99 Å². The average molecular weight is 567 g/mol. The first-order valence-electron chi connectivity index (χ1n) is 9.49. The van der Waals surface area contributed by atoms with Crippen LogP contribution in [0.1, 0.15) is 58.9 Å². The second-order valence-electron chi connectivity index (χ2n) is 6.31. The SMILES string of the molecule is CCNC(=NCC(O)c1ccccc1Cl)NC(C)c1nc(C)c(C(=O)OCC)s1.I. The largest absolute Gasteiger partial charge is 0.462 e. The Balaban J connectivity index is 0.00000450. The highest BCUT2D eigenvalue weighted by Gasteiger charge is 2.20. The van der Waals surface area contributed by atoms with E-state index in [-0.39, 0.29) is 42.5 Å². The van der Waals surface area contributed by atoms with Crippen LogP contribution < -0.4 is 10.6 Å². The van der Waals surface area contributed by atoms with E-state index in [1.54, 1.807) is 26.0 Å². The van der Waals surface area contributed by atoms with Gasteiger partial charge in [-0.15, -0.1) is 35.3 Å². The number of carbonyl (C=O) groups is 1. The van der Waals surface area contributed by atoms with Crippen molar-refractivity contribution in [1.82, 2.24) is 15.6 Å². The number of guanidine groups is 1. The summed E-state index contributed by atoms with van der Waals surface area (Å²) in [6.45, 7) is 8.59. The number of aliphatic hydroxyl groups is 1. The summed E-state index contributed by atoms with van der Waals surface area (Å²) in [5.74, 6) is 0.182. The topological polar surface area (TPSA) is 95.8 Å². The van der Waals surface area contributed by atoms with Crippen LogP contribution in [0.3, 0.4) is 0 Å². The molecule has 10 heteroatoms. The molecule has 0 fully saturated rings. The zero-order valence-corrected chi connectivity index (χ0v) is 21.3. The van der Waals surface area contributed by atoms with Crippen molar-refractivity contribution in [2.45, 2.75) is 39.8 Å². The molecule has 2 atom stereocenters. The standard InChI is InChI=1S/C20H27ClN4O3S.HI/c1-5-22-20(23-11-16(26)14-9-7-8-10-15(14)21)25-13(4)18-24-12(3)17(29-18)19(27)28-6-2;/h7-10,13,16,26H,5-6,11H2,1-4H3,(H2,22,23,25);1H. The minimum Gasteiger partial charge on any atom is -0.462 e. The number of benzene rings is 1. The molecule has 0 aliphatic rings. The van der Waals surface area contributed by atoms with Gasteiger partial charge in [-0.25, -0.2) is 9.78 Å². The van der Waals surface area contributed by atoms with Crippen LogP contribution in [0.5, 0.6) is 0 Å². The number of thiazole rings is 1. The number of ether oxygens (including phenoxy) is 1.